The average molecular weight is 494 g/mol. The molecule has 0 aliphatic carbocycles. The lowest BCUT2D eigenvalue weighted by atomic mass is 9.92. The maximum absolute atomic E-state index is 12.2. The Kier molecular flexibility index (Phi) is 8.74. The molecule has 0 unspecified atom stereocenters. The normalized spacial score (nSPS) is 17.2. The summed E-state index contributed by atoms with van der Waals surface area (Å²) in [5, 5.41) is 4.05. The van der Waals surface area contributed by atoms with Crippen molar-refractivity contribution in [3.05, 3.63) is 65.9 Å². The van der Waals surface area contributed by atoms with Crippen LogP contribution in [0.15, 0.2) is 54.6 Å². The molecule has 192 valence electrons. The Hall–Kier alpha value is -3.81. The van der Waals surface area contributed by atoms with Gasteiger partial charge in [0, 0.05) is 36.1 Å². The van der Waals surface area contributed by atoms with Crippen molar-refractivity contribution in [1.82, 2.24) is 9.88 Å². The summed E-state index contributed by atoms with van der Waals surface area (Å²) in [7, 11) is 1.86. The Bertz CT molecular complexity index is 1180. The minimum Gasteiger partial charge on any atom is -0.461 e. The number of hydrogen-bond acceptors (Lipinski definition) is 6. The van der Waals surface area contributed by atoms with Gasteiger partial charge in [-0.1, -0.05) is 30.3 Å². The van der Waals surface area contributed by atoms with E-state index in [0.717, 1.165) is 34.9 Å². The predicted octanol–water partition coefficient (Wildman–Crippen LogP) is 5.36. The molecule has 0 spiro atoms. The Morgan fingerprint density at radius 3 is 2.47 bits per heavy atom. The minimum absolute atomic E-state index is 0.0567. The van der Waals surface area contributed by atoms with Crippen LogP contribution in [0.5, 0.6) is 0 Å². The third kappa shape index (κ3) is 6.65. The van der Waals surface area contributed by atoms with Crippen LogP contribution in [0.25, 0.3) is 10.9 Å². The molecular formula is C28H35N3O5. The molecule has 2 N–H and O–H groups in total. The quantitative estimate of drug-likeness (QED) is 0.366. The number of benzene rings is 2. The molecule has 1 aliphatic rings. The number of nitrogens with one attached hydrogen (secondary N) is 2. The fraction of sp³-hybridized carbons (Fsp3) is 0.393. The molecule has 2 aromatic carbocycles. The number of nitrogens with zero attached hydrogens (tertiary/aromatic N) is 1. The molecule has 2 heterocycles. The van der Waals surface area contributed by atoms with Crippen LogP contribution in [0, 0.1) is 0 Å². The lowest BCUT2D eigenvalue weighted by molar-refractivity contribution is -0.112. The van der Waals surface area contributed by atoms with Crippen molar-refractivity contribution in [1.29, 1.82) is 0 Å². The number of amides is 1. The number of esters is 1. The van der Waals surface area contributed by atoms with E-state index >= 15 is 0 Å². The van der Waals surface area contributed by atoms with Gasteiger partial charge in [0.05, 0.1) is 12.6 Å². The second-order valence-corrected chi connectivity index (χ2v) is 9.56. The fourth-order valence-electron chi connectivity index (χ4n) is 4.19. The van der Waals surface area contributed by atoms with Crippen molar-refractivity contribution in [3.8, 4) is 0 Å². The highest BCUT2D eigenvalue weighted by Gasteiger charge is 2.39. The Morgan fingerprint density at radius 2 is 1.86 bits per heavy atom. The summed E-state index contributed by atoms with van der Waals surface area (Å²) in [5.41, 5.74) is 2.99. The molecule has 8 nitrogen and oxygen atoms in total. The van der Waals surface area contributed by atoms with Crippen LogP contribution < -0.4 is 5.32 Å². The van der Waals surface area contributed by atoms with Gasteiger partial charge < -0.3 is 24.6 Å². The molecule has 0 radical (unpaired) electrons. The maximum atomic E-state index is 12.2. The molecule has 2 atom stereocenters. The Morgan fingerprint density at radius 1 is 1.14 bits per heavy atom. The predicted molar refractivity (Wildman–Crippen MR) is 140 cm³/mol. The summed E-state index contributed by atoms with van der Waals surface area (Å²) in [6, 6.07) is 17.1. The number of H-pyrrole nitrogens is 1. The fourth-order valence-corrected chi connectivity index (χ4v) is 4.19. The largest absolute Gasteiger partial charge is 0.461 e. The zero-order chi connectivity index (χ0) is 26.3. The molecule has 0 bridgehead atoms. The number of carbonyl (C=O) groups is 3. The number of likely N-dealkylation sites (tertiary alicyclic amines) is 1. The summed E-state index contributed by atoms with van der Waals surface area (Å²) in [4.78, 5) is 39.6. The zero-order valence-corrected chi connectivity index (χ0v) is 21.5. The van der Waals surface area contributed by atoms with Crippen LogP contribution in [0.1, 0.15) is 56.1 Å². The highest BCUT2D eigenvalue weighted by atomic mass is 16.6. The lowest BCUT2D eigenvalue weighted by Crippen LogP contribution is -2.41. The van der Waals surface area contributed by atoms with Crippen molar-refractivity contribution < 1.29 is 23.9 Å². The van der Waals surface area contributed by atoms with Gasteiger partial charge in [-0.25, -0.2) is 9.59 Å². The van der Waals surface area contributed by atoms with Gasteiger partial charge in [-0.2, -0.15) is 0 Å². The van der Waals surface area contributed by atoms with E-state index in [0.29, 0.717) is 18.8 Å². The van der Waals surface area contributed by atoms with Gasteiger partial charge in [0.2, 0.25) is 0 Å². The molecule has 1 aliphatic heterocycles. The number of fused-ring (bicyclic) bond motifs is 1. The number of aromatic amines is 1. The molecule has 4 rings (SSSR count). The van der Waals surface area contributed by atoms with Crippen LogP contribution in [0.3, 0.4) is 0 Å². The van der Waals surface area contributed by atoms with E-state index < -0.39 is 17.7 Å². The molecule has 36 heavy (non-hydrogen) atoms. The number of hydrogen-bond donors (Lipinski definition) is 2. The van der Waals surface area contributed by atoms with Gasteiger partial charge in [0.1, 0.15) is 17.6 Å². The number of aromatic nitrogens is 1. The number of rotatable bonds is 5. The van der Waals surface area contributed by atoms with Crippen LogP contribution in [0.4, 0.5) is 10.5 Å². The monoisotopic (exact) mass is 493 g/mol. The number of carbonyl (C=O) groups excluding carboxylic acids is 3. The van der Waals surface area contributed by atoms with Crippen molar-refractivity contribution >= 4 is 34.9 Å². The number of aldehydes is 1. The second-order valence-electron chi connectivity index (χ2n) is 9.56. The van der Waals surface area contributed by atoms with Crippen LogP contribution in [-0.4, -0.2) is 60.1 Å². The molecule has 1 saturated heterocycles. The molecular weight excluding hydrogens is 458 g/mol. The molecule has 3 aromatic rings. The standard InChI is InChI=1S/C16H21NO3.C12H14N2O2/c1-16(2,3)20-15(19)17-10-9-13(14(17)11-18)12-7-5-4-6-8-12;1-3-16-12(15)11-7-8-6-9(13-2)4-5-10(8)14-11/h4-8,11,13-14H,9-10H2,1-3H3;4-7,13-14H,3H2,1-2H3/t13-,14+;/m0./s1. The van der Waals surface area contributed by atoms with E-state index in [9.17, 15) is 14.4 Å². The summed E-state index contributed by atoms with van der Waals surface area (Å²) < 4.78 is 10.3. The zero-order valence-electron chi connectivity index (χ0n) is 21.5. The van der Waals surface area contributed by atoms with Gasteiger partial charge in [0.25, 0.3) is 0 Å². The van der Waals surface area contributed by atoms with Gasteiger partial charge in [-0.15, -0.1) is 0 Å². The third-order valence-corrected chi connectivity index (χ3v) is 5.85. The maximum Gasteiger partial charge on any atom is 0.410 e. The highest BCUT2D eigenvalue weighted by molar-refractivity contribution is 5.95. The molecule has 1 amide bonds. The van der Waals surface area contributed by atoms with Gasteiger partial charge in [-0.3, -0.25) is 4.90 Å². The van der Waals surface area contributed by atoms with E-state index in [-0.39, 0.29) is 11.9 Å². The van der Waals surface area contributed by atoms with E-state index in [4.69, 9.17) is 9.47 Å². The first-order valence-corrected chi connectivity index (χ1v) is 12.1. The van der Waals surface area contributed by atoms with E-state index in [2.05, 4.69) is 10.3 Å². The molecule has 1 aromatic heterocycles. The van der Waals surface area contributed by atoms with Gasteiger partial charge in [-0.05, 0) is 63.9 Å². The minimum atomic E-state index is -0.546. The van der Waals surface area contributed by atoms with Crippen molar-refractivity contribution in [2.45, 2.75) is 51.7 Å². The summed E-state index contributed by atoms with van der Waals surface area (Å²) >= 11 is 0. The number of ether oxygens (including phenoxy) is 2. The molecule has 0 saturated carbocycles. The van der Waals surface area contributed by atoms with Crippen molar-refractivity contribution in [2.75, 3.05) is 25.5 Å². The van der Waals surface area contributed by atoms with Crippen LogP contribution in [-0.2, 0) is 14.3 Å². The van der Waals surface area contributed by atoms with Gasteiger partial charge in [0.15, 0.2) is 0 Å². The average Bonchev–Trinajstić information content (AvgIpc) is 3.48. The summed E-state index contributed by atoms with van der Waals surface area (Å²) in [5.74, 6) is -0.258. The van der Waals surface area contributed by atoms with E-state index in [1.807, 2.05) is 76.3 Å². The number of anilines is 1. The topological polar surface area (TPSA) is 101 Å². The van der Waals surface area contributed by atoms with Crippen LogP contribution in [0.2, 0.25) is 0 Å². The first-order chi connectivity index (χ1) is 17.2. The third-order valence-electron chi connectivity index (χ3n) is 5.85. The summed E-state index contributed by atoms with van der Waals surface area (Å²) in [6.45, 7) is 8.20. The SMILES string of the molecule is CC(C)(C)OC(=O)N1CC[C@@H](c2ccccc2)[C@H]1C=O.CCOC(=O)c1cc2cc(NC)ccc2[nH]1. The highest BCUT2D eigenvalue weighted by Crippen LogP contribution is 2.33. The Balaban J connectivity index is 0.000000205. The lowest BCUT2D eigenvalue weighted by Gasteiger charge is -2.27. The van der Waals surface area contributed by atoms with E-state index in [1.165, 1.54) is 4.90 Å². The first-order valence-electron chi connectivity index (χ1n) is 12.1. The smallest absolute Gasteiger partial charge is 0.410 e. The van der Waals surface area contributed by atoms with Crippen LogP contribution >= 0.6 is 0 Å². The second kappa shape index (κ2) is 11.7. The first kappa shape index (κ1) is 26.8. The molecule has 1 fully saturated rings. The van der Waals surface area contributed by atoms with Crippen molar-refractivity contribution in [2.24, 2.45) is 0 Å². The summed E-state index contributed by atoms with van der Waals surface area (Å²) in [6.07, 6.45) is 1.23. The van der Waals surface area contributed by atoms with Crippen molar-refractivity contribution in [3.63, 3.8) is 0 Å². The Labute approximate surface area is 212 Å². The van der Waals surface area contributed by atoms with Gasteiger partial charge >= 0.3 is 12.1 Å². The molecule has 8 heteroatoms. The van der Waals surface area contributed by atoms with E-state index in [1.54, 1.807) is 13.0 Å².